The first kappa shape index (κ1) is 17.7. The summed E-state index contributed by atoms with van der Waals surface area (Å²) in [5.74, 6) is -0.0382. The molecule has 4 heterocycles. The van der Waals surface area contributed by atoms with Crippen molar-refractivity contribution in [3.05, 3.63) is 62.7 Å². The molecule has 0 radical (unpaired) electrons. The van der Waals surface area contributed by atoms with Gasteiger partial charge in [0.05, 0.1) is 22.5 Å². The van der Waals surface area contributed by atoms with Gasteiger partial charge in [0.15, 0.2) is 0 Å². The van der Waals surface area contributed by atoms with Crippen LogP contribution in [-0.2, 0) is 13.0 Å². The van der Waals surface area contributed by atoms with Crippen molar-refractivity contribution in [1.82, 2.24) is 20.0 Å². The molecule has 0 spiro atoms. The first-order valence-corrected chi connectivity index (χ1v) is 10.4. The average molecular weight is 414 g/mol. The van der Waals surface area contributed by atoms with Crippen LogP contribution in [0.3, 0.4) is 0 Å². The number of aryl methyl sites for hydroxylation is 1. The van der Waals surface area contributed by atoms with E-state index in [0.717, 1.165) is 47.0 Å². The molecule has 3 aromatic rings. The van der Waals surface area contributed by atoms with Gasteiger partial charge in [0, 0.05) is 18.0 Å². The Bertz CT molecular complexity index is 1070. The van der Waals surface area contributed by atoms with Crippen LogP contribution in [-0.4, -0.2) is 34.2 Å². The molecule has 1 atom stereocenters. The molecule has 5 rings (SSSR count). The fourth-order valence-electron chi connectivity index (χ4n) is 3.97. The van der Waals surface area contributed by atoms with Gasteiger partial charge in [0.25, 0.3) is 5.91 Å². The van der Waals surface area contributed by atoms with E-state index >= 15 is 0 Å². The van der Waals surface area contributed by atoms with Crippen molar-refractivity contribution in [3.63, 3.8) is 0 Å². The Morgan fingerprint density at radius 3 is 2.82 bits per heavy atom. The zero-order valence-electron chi connectivity index (χ0n) is 15.6. The largest absolute Gasteiger partial charge is 0.352 e. The number of hydrogen-bond donors (Lipinski definition) is 2. The minimum absolute atomic E-state index is 0.0382. The van der Waals surface area contributed by atoms with Gasteiger partial charge in [-0.1, -0.05) is 29.8 Å². The van der Waals surface area contributed by atoms with Gasteiger partial charge >= 0.3 is 0 Å². The van der Waals surface area contributed by atoms with Crippen LogP contribution in [0, 0.1) is 6.92 Å². The van der Waals surface area contributed by atoms with Crippen LogP contribution in [0.1, 0.15) is 38.2 Å². The van der Waals surface area contributed by atoms with E-state index in [9.17, 15) is 4.79 Å². The molecule has 2 aliphatic rings. The summed E-state index contributed by atoms with van der Waals surface area (Å²) in [6, 6.07) is 9.76. The molecule has 0 saturated carbocycles. The molecule has 28 heavy (non-hydrogen) atoms. The number of para-hydroxylation sites is 1. The first-order valence-electron chi connectivity index (χ1n) is 9.24. The number of thiophene rings is 1. The molecule has 8 heteroatoms. The number of nitrogens with one attached hydrogen (secondary N) is 2. The van der Waals surface area contributed by atoms with E-state index in [1.807, 2.05) is 37.3 Å². The van der Waals surface area contributed by atoms with Gasteiger partial charge in [-0.25, -0.2) is 4.68 Å². The van der Waals surface area contributed by atoms with Gasteiger partial charge in [-0.15, -0.1) is 11.3 Å². The summed E-state index contributed by atoms with van der Waals surface area (Å²) in [6.45, 7) is 3.78. The molecule has 144 valence electrons. The lowest BCUT2D eigenvalue weighted by Crippen LogP contribution is -2.39. The lowest BCUT2D eigenvalue weighted by atomic mass is 10.0. The van der Waals surface area contributed by atoms with Crippen LogP contribution in [0.15, 0.2) is 30.3 Å². The Balaban J connectivity index is 1.53. The van der Waals surface area contributed by atoms with E-state index in [1.165, 1.54) is 10.4 Å². The number of benzene rings is 1. The van der Waals surface area contributed by atoms with E-state index in [-0.39, 0.29) is 5.91 Å². The van der Waals surface area contributed by atoms with Crippen LogP contribution >= 0.6 is 22.9 Å². The summed E-state index contributed by atoms with van der Waals surface area (Å²) in [6.07, 6.45) is 0.506. The van der Waals surface area contributed by atoms with Gasteiger partial charge in [-0.2, -0.15) is 5.10 Å². The van der Waals surface area contributed by atoms with Crippen LogP contribution in [0.5, 0.6) is 0 Å². The molecule has 2 aliphatic heterocycles. The Labute approximate surface area is 172 Å². The molecular weight excluding hydrogens is 394 g/mol. The highest BCUT2D eigenvalue weighted by Crippen LogP contribution is 2.41. The number of carbonyl (C=O) groups excluding carboxylic acids is 1. The van der Waals surface area contributed by atoms with Crippen molar-refractivity contribution in [2.24, 2.45) is 0 Å². The number of likely N-dealkylation sites (N-methyl/N-ethyl adjacent to an activating group) is 1. The van der Waals surface area contributed by atoms with Crippen LogP contribution < -0.4 is 10.6 Å². The highest BCUT2D eigenvalue weighted by molar-refractivity contribution is 7.16. The maximum Gasteiger partial charge on any atom is 0.256 e. The Morgan fingerprint density at radius 2 is 2.04 bits per heavy atom. The van der Waals surface area contributed by atoms with Crippen LogP contribution in [0.4, 0.5) is 5.00 Å². The van der Waals surface area contributed by atoms with E-state index in [4.69, 9.17) is 11.6 Å². The highest BCUT2D eigenvalue weighted by atomic mass is 35.5. The molecule has 2 aromatic heterocycles. The zero-order valence-corrected chi connectivity index (χ0v) is 17.2. The standard InChI is InChI=1S/C20H20ClN5OS/c1-11-15(17(21)26(24-11)12-6-4-3-5-7-12)18-22-19(27)16-13-8-9-25(2)10-14(13)28-20(16)23-18/h3-7,18,23H,8-10H2,1-2H3,(H,22,27). The predicted molar refractivity (Wildman–Crippen MR) is 111 cm³/mol. The van der Waals surface area contributed by atoms with Gasteiger partial charge in [-0.3, -0.25) is 4.79 Å². The van der Waals surface area contributed by atoms with Crippen molar-refractivity contribution in [2.75, 3.05) is 18.9 Å². The van der Waals surface area contributed by atoms with Crippen molar-refractivity contribution in [2.45, 2.75) is 26.1 Å². The fraction of sp³-hybridized carbons (Fsp3) is 0.300. The molecule has 1 aromatic carbocycles. The normalized spacial score (nSPS) is 19.0. The molecule has 6 nitrogen and oxygen atoms in total. The molecule has 0 fully saturated rings. The monoisotopic (exact) mass is 413 g/mol. The van der Waals surface area contributed by atoms with E-state index in [1.54, 1.807) is 16.0 Å². The van der Waals surface area contributed by atoms with Crippen molar-refractivity contribution >= 4 is 33.8 Å². The smallest absolute Gasteiger partial charge is 0.256 e. The highest BCUT2D eigenvalue weighted by Gasteiger charge is 2.35. The van der Waals surface area contributed by atoms with E-state index in [2.05, 4.69) is 27.7 Å². The molecule has 2 N–H and O–H groups in total. The second-order valence-electron chi connectivity index (χ2n) is 7.28. The quantitative estimate of drug-likeness (QED) is 0.671. The fourth-order valence-corrected chi connectivity index (χ4v) is 5.70. The maximum absolute atomic E-state index is 13.0. The molecule has 0 saturated heterocycles. The predicted octanol–water partition coefficient (Wildman–Crippen LogP) is 3.74. The lowest BCUT2D eigenvalue weighted by molar-refractivity contribution is 0.0935. The van der Waals surface area contributed by atoms with Gasteiger partial charge < -0.3 is 15.5 Å². The second kappa shape index (κ2) is 6.62. The van der Waals surface area contributed by atoms with E-state index in [0.29, 0.717) is 5.15 Å². The molecule has 0 aliphatic carbocycles. The summed E-state index contributed by atoms with van der Waals surface area (Å²) < 4.78 is 1.71. The third-order valence-electron chi connectivity index (χ3n) is 5.36. The van der Waals surface area contributed by atoms with E-state index < -0.39 is 6.17 Å². The SMILES string of the molecule is Cc1nn(-c2ccccc2)c(Cl)c1C1NC(=O)c2c(sc3c2CCN(C)C3)N1. The van der Waals surface area contributed by atoms with Crippen molar-refractivity contribution < 1.29 is 4.79 Å². The van der Waals surface area contributed by atoms with Gasteiger partial charge in [0.2, 0.25) is 0 Å². The second-order valence-corrected chi connectivity index (χ2v) is 8.75. The van der Waals surface area contributed by atoms with Crippen molar-refractivity contribution in [1.29, 1.82) is 0 Å². The number of amides is 1. The third-order valence-corrected chi connectivity index (χ3v) is 6.87. The minimum Gasteiger partial charge on any atom is -0.352 e. The third kappa shape index (κ3) is 2.73. The number of aromatic nitrogens is 2. The molecule has 1 unspecified atom stereocenters. The number of nitrogens with zero attached hydrogens (tertiary/aromatic N) is 3. The summed E-state index contributed by atoms with van der Waals surface area (Å²) in [7, 11) is 2.11. The number of anilines is 1. The zero-order chi connectivity index (χ0) is 19.4. The van der Waals surface area contributed by atoms with Gasteiger partial charge in [-0.05, 0) is 38.1 Å². The summed E-state index contributed by atoms with van der Waals surface area (Å²) >= 11 is 8.37. The molecular formula is C20H20ClN5OS. The number of halogens is 1. The molecule has 0 bridgehead atoms. The summed E-state index contributed by atoms with van der Waals surface area (Å²) in [5.41, 5.74) is 4.46. The Kier molecular flexibility index (Phi) is 4.19. The topological polar surface area (TPSA) is 62.2 Å². The average Bonchev–Trinajstić information content (AvgIpc) is 3.18. The first-order chi connectivity index (χ1) is 13.5. The number of carbonyl (C=O) groups is 1. The van der Waals surface area contributed by atoms with Crippen LogP contribution in [0.25, 0.3) is 5.69 Å². The van der Waals surface area contributed by atoms with Crippen LogP contribution in [0.2, 0.25) is 5.15 Å². The number of rotatable bonds is 2. The van der Waals surface area contributed by atoms with Crippen molar-refractivity contribution in [3.8, 4) is 5.69 Å². The summed E-state index contributed by atoms with van der Waals surface area (Å²) in [5, 5.41) is 12.6. The minimum atomic E-state index is -0.400. The number of hydrogen-bond acceptors (Lipinski definition) is 5. The lowest BCUT2D eigenvalue weighted by Gasteiger charge is -2.27. The Morgan fingerprint density at radius 1 is 1.25 bits per heavy atom. The number of fused-ring (bicyclic) bond motifs is 3. The van der Waals surface area contributed by atoms with Gasteiger partial charge in [0.1, 0.15) is 16.3 Å². The maximum atomic E-state index is 13.0. The Hall–Kier alpha value is -2.35. The molecule has 1 amide bonds. The summed E-state index contributed by atoms with van der Waals surface area (Å²) in [4.78, 5) is 16.5.